The van der Waals surface area contributed by atoms with E-state index in [0.29, 0.717) is 13.2 Å². The molecule has 3 nitrogen and oxygen atoms in total. The van der Waals surface area contributed by atoms with Crippen LogP contribution < -0.4 is 5.32 Å². The SMILES string of the molecule is CCCCCCCCCCCCCCCCCCCCCCNCCOCCO. The van der Waals surface area contributed by atoms with Crippen LogP contribution in [0.15, 0.2) is 0 Å². The first-order valence-electron chi connectivity index (χ1n) is 13.3. The van der Waals surface area contributed by atoms with Crippen molar-refractivity contribution in [2.45, 2.75) is 135 Å². The van der Waals surface area contributed by atoms with E-state index in [2.05, 4.69) is 12.2 Å². The molecule has 0 amide bonds. The zero-order valence-corrected chi connectivity index (χ0v) is 20.0. The Bertz CT molecular complexity index is 247. The van der Waals surface area contributed by atoms with E-state index < -0.39 is 0 Å². The normalized spacial score (nSPS) is 11.4. The number of ether oxygens (including phenoxy) is 1. The van der Waals surface area contributed by atoms with Crippen molar-refractivity contribution in [1.29, 1.82) is 0 Å². The first-order chi connectivity index (χ1) is 14.4. The van der Waals surface area contributed by atoms with Crippen molar-refractivity contribution in [2.24, 2.45) is 0 Å². The van der Waals surface area contributed by atoms with Crippen LogP contribution in [0.2, 0.25) is 0 Å². The van der Waals surface area contributed by atoms with E-state index in [0.717, 1.165) is 13.1 Å². The molecule has 0 aliphatic carbocycles. The van der Waals surface area contributed by atoms with Gasteiger partial charge in [0.25, 0.3) is 0 Å². The second-order valence-electron chi connectivity index (χ2n) is 8.80. The lowest BCUT2D eigenvalue weighted by molar-refractivity contribution is 0.0939. The first-order valence-corrected chi connectivity index (χ1v) is 13.3. The summed E-state index contributed by atoms with van der Waals surface area (Å²) >= 11 is 0. The molecule has 29 heavy (non-hydrogen) atoms. The quantitative estimate of drug-likeness (QED) is 0.145. The number of aliphatic hydroxyl groups excluding tert-OH is 1. The molecule has 0 aromatic heterocycles. The molecule has 176 valence electrons. The van der Waals surface area contributed by atoms with Crippen molar-refractivity contribution in [3.63, 3.8) is 0 Å². The average molecular weight is 414 g/mol. The zero-order chi connectivity index (χ0) is 21.1. The predicted molar refractivity (Wildman–Crippen MR) is 129 cm³/mol. The highest BCUT2D eigenvalue weighted by Gasteiger charge is 1.95. The molecule has 0 bridgehead atoms. The van der Waals surface area contributed by atoms with Gasteiger partial charge in [-0.25, -0.2) is 0 Å². The molecule has 0 saturated heterocycles. The Kier molecular flexibility index (Phi) is 27.8. The summed E-state index contributed by atoms with van der Waals surface area (Å²) in [5.74, 6) is 0. The van der Waals surface area contributed by atoms with Crippen LogP contribution in [0, 0.1) is 0 Å². The largest absolute Gasteiger partial charge is 0.394 e. The molecule has 3 heteroatoms. The third-order valence-corrected chi connectivity index (χ3v) is 5.87. The minimum Gasteiger partial charge on any atom is -0.394 e. The van der Waals surface area contributed by atoms with Crippen LogP contribution in [0.5, 0.6) is 0 Å². The molecule has 0 heterocycles. The molecule has 0 rings (SSSR count). The van der Waals surface area contributed by atoms with Crippen molar-refractivity contribution in [3.05, 3.63) is 0 Å². The van der Waals surface area contributed by atoms with E-state index in [1.807, 2.05) is 0 Å². The summed E-state index contributed by atoms with van der Waals surface area (Å²) in [6.07, 6.45) is 28.7. The van der Waals surface area contributed by atoms with Gasteiger partial charge >= 0.3 is 0 Å². The molecule has 0 atom stereocenters. The third-order valence-electron chi connectivity index (χ3n) is 5.87. The number of hydrogen-bond donors (Lipinski definition) is 2. The number of hydrogen-bond acceptors (Lipinski definition) is 3. The van der Waals surface area contributed by atoms with E-state index in [1.54, 1.807) is 0 Å². The van der Waals surface area contributed by atoms with E-state index in [4.69, 9.17) is 9.84 Å². The summed E-state index contributed by atoms with van der Waals surface area (Å²) in [7, 11) is 0. The van der Waals surface area contributed by atoms with Crippen molar-refractivity contribution in [1.82, 2.24) is 5.32 Å². The Morgan fingerprint density at radius 1 is 0.483 bits per heavy atom. The van der Waals surface area contributed by atoms with Gasteiger partial charge in [0.15, 0.2) is 0 Å². The maximum Gasteiger partial charge on any atom is 0.0698 e. The number of aliphatic hydroxyl groups is 1. The van der Waals surface area contributed by atoms with Gasteiger partial charge in [-0.2, -0.15) is 0 Å². The Morgan fingerprint density at radius 3 is 1.24 bits per heavy atom. The second-order valence-corrected chi connectivity index (χ2v) is 8.80. The van der Waals surface area contributed by atoms with E-state index >= 15 is 0 Å². The second kappa shape index (κ2) is 27.9. The van der Waals surface area contributed by atoms with Crippen LogP contribution in [-0.4, -0.2) is 38.0 Å². The van der Waals surface area contributed by atoms with Crippen molar-refractivity contribution in [3.8, 4) is 0 Å². The van der Waals surface area contributed by atoms with Gasteiger partial charge in [0.2, 0.25) is 0 Å². The van der Waals surface area contributed by atoms with E-state index in [9.17, 15) is 0 Å². The smallest absolute Gasteiger partial charge is 0.0698 e. The van der Waals surface area contributed by atoms with Gasteiger partial charge in [-0.15, -0.1) is 0 Å². The minimum absolute atomic E-state index is 0.124. The van der Waals surface area contributed by atoms with Gasteiger partial charge < -0.3 is 15.2 Å². The number of nitrogens with one attached hydrogen (secondary N) is 1. The number of unbranched alkanes of at least 4 members (excludes halogenated alkanes) is 19. The molecule has 0 saturated carbocycles. The summed E-state index contributed by atoms with van der Waals surface area (Å²) in [5.41, 5.74) is 0. The molecular weight excluding hydrogens is 358 g/mol. The van der Waals surface area contributed by atoms with Crippen LogP contribution in [0.1, 0.15) is 135 Å². The highest BCUT2D eigenvalue weighted by atomic mass is 16.5. The van der Waals surface area contributed by atoms with Crippen LogP contribution >= 0.6 is 0 Å². The van der Waals surface area contributed by atoms with E-state index in [1.165, 1.54) is 128 Å². The fourth-order valence-corrected chi connectivity index (χ4v) is 3.94. The molecule has 0 fully saturated rings. The van der Waals surface area contributed by atoms with Gasteiger partial charge in [0.1, 0.15) is 0 Å². The molecule has 0 aliphatic heterocycles. The Labute approximate surface area is 183 Å². The lowest BCUT2D eigenvalue weighted by Crippen LogP contribution is -2.21. The fourth-order valence-electron chi connectivity index (χ4n) is 3.94. The monoisotopic (exact) mass is 413 g/mol. The highest BCUT2D eigenvalue weighted by Crippen LogP contribution is 2.14. The standard InChI is InChI=1S/C26H55NO2/c1-2-3-4-5-6-7-8-9-10-11-12-13-14-15-16-17-18-19-20-21-22-27-23-25-29-26-24-28/h27-28H,2-26H2,1H3. The third kappa shape index (κ3) is 27.9. The van der Waals surface area contributed by atoms with E-state index in [-0.39, 0.29) is 6.61 Å². The molecule has 0 aromatic carbocycles. The van der Waals surface area contributed by atoms with Crippen LogP contribution in [0.3, 0.4) is 0 Å². The Morgan fingerprint density at radius 2 is 0.862 bits per heavy atom. The lowest BCUT2D eigenvalue weighted by Gasteiger charge is -2.05. The Hall–Kier alpha value is -0.120. The van der Waals surface area contributed by atoms with Crippen molar-refractivity contribution in [2.75, 3.05) is 32.9 Å². The van der Waals surface area contributed by atoms with Crippen LogP contribution in [-0.2, 0) is 4.74 Å². The predicted octanol–water partition coefficient (Wildman–Crippen LogP) is 7.41. The van der Waals surface area contributed by atoms with Crippen LogP contribution in [0.4, 0.5) is 0 Å². The van der Waals surface area contributed by atoms with Crippen molar-refractivity contribution < 1.29 is 9.84 Å². The van der Waals surface area contributed by atoms with Gasteiger partial charge in [-0.05, 0) is 13.0 Å². The minimum atomic E-state index is 0.124. The summed E-state index contributed by atoms with van der Waals surface area (Å²) in [6.45, 7) is 5.59. The molecule has 0 spiro atoms. The molecule has 0 radical (unpaired) electrons. The summed E-state index contributed by atoms with van der Waals surface area (Å²) in [6, 6.07) is 0. The Balaban J connectivity index is 2.97. The molecule has 0 aromatic rings. The van der Waals surface area contributed by atoms with Gasteiger partial charge in [-0.3, -0.25) is 0 Å². The molecule has 2 N–H and O–H groups in total. The zero-order valence-electron chi connectivity index (χ0n) is 20.0. The van der Waals surface area contributed by atoms with Gasteiger partial charge in [-0.1, -0.05) is 129 Å². The maximum absolute atomic E-state index is 8.60. The van der Waals surface area contributed by atoms with Gasteiger partial charge in [0.05, 0.1) is 19.8 Å². The average Bonchev–Trinajstić information content (AvgIpc) is 2.74. The summed E-state index contributed by atoms with van der Waals surface area (Å²) in [4.78, 5) is 0. The fraction of sp³-hybridized carbons (Fsp3) is 1.00. The molecular formula is C26H55NO2. The number of rotatable bonds is 26. The lowest BCUT2D eigenvalue weighted by atomic mass is 10.0. The van der Waals surface area contributed by atoms with Gasteiger partial charge in [0, 0.05) is 6.54 Å². The summed E-state index contributed by atoms with van der Waals surface area (Å²) in [5, 5.41) is 12.0. The van der Waals surface area contributed by atoms with Crippen molar-refractivity contribution >= 4 is 0 Å². The summed E-state index contributed by atoms with van der Waals surface area (Å²) < 4.78 is 5.22. The van der Waals surface area contributed by atoms with Crippen LogP contribution in [0.25, 0.3) is 0 Å². The highest BCUT2D eigenvalue weighted by molar-refractivity contribution is 4.52. The topological polar surface area (TPSA) is 41.5 Å². The first kappa shape index (κ1) is 28.9. The molecule has 0 unspecified atom stereocenters. The molecule has 0 aliphatic rings. The maximum atomic E-state index is 8.60.